The predicted molar refractivity (Wildman–Crippen MR) is 62.7 cm³/mol. The number of hydrogen-bond donors (Lipinski definition) is 2. The fraction of sp³-hybridized carbons (Fsp3) is 0.333. The Balaban J connectivity index is 1.97. The van der Waals surface area contributed by atoms with Crippen molar-refractivity contribution in [2.24, 2.45) is 0 Å². The van der Waals surface area contributed by atoms with Crippen LogP contribution in [0.15, 0.2) is 30.3 Å². The number of hydrogen-bond acceptors (Lipinski definition) is 3. The molecule has 0 aliphatic carbocycles. The smallest absolute Gasteiger partial charge is 0.321 e. The van der Waals surface area contributed by atoms with Crippen LogP contribution in [0.4, 0.5) is 10.5 Å². The molecule has 2 heterocycles. The van der Waals surface area contributed by atoms with Crippen molar-refractivity contribution in [3.8, 4) is 0 Å². The van der Waals surface area contributed by atoms with Crippen molar-refractivity contribution in [3.63, 3.8) is 0 Å². The van der Waals surface area contributed by atoms with Crippen LogP contribution in [0.1, 0.15) is 6.42 Å². The minimum atomic E-state index is -0.729. The van der Waals surface area contributed by atoms with E-state index in [1.165, 1.54) is 4.90 Å². The first-order valence-electron chi connectivity index (χ1n) is 5.65. The Kier molecular flexibility index (Phi) is 2.16. The van der Waals surface area contributed by atoms with Gasteiger partial charge < -0.3 is 10.6 Å². The van der Waals surface area contributed by atoms with Crippen molar-refractivity contribution in [1.29, 1.82) is 0 Å². The van der Waals surface area contributed by atoms with Crippen molar-refractivity contribution in [3.05, 3.63) is 30.3 Å². The highest BCUT2D eigenvalue weighted by atomic mass is 16.2. The molecule has 2 aliphatic rings. The minimum absolute atomic E-state index is 0.154. The summed E-state index contributed by atoms with van der Waals surface area (Å²) in [6.07, 6.45) is 0.654. The van der Waals surface area contributed by atoms with Crippen LogP contribution in [0.25, 0.3) is 0 Å². The zero-order chi connectivity index (χ0) is 11.9. The van der Waals surface area contributed by atoms with E-state index >= 15 is 0 Å². The number of para-hydroxylation sites is 1. The molecule has 17 heavy (non-hydrogen) atoms. The Labute approximate surface area is 98.8 Å². The van der Waals surface area contributed by atoms with Gasteiger partial charge in [-0.3, -0.25) is 4.79 Å². The van der Waals surface area contributed by atoms with Crippen LogP contribution >= 0.6 is 0 Å². The van der Waals surface area contributed by atoms with E-state index < -0.39 is 5.54 Å². The van der Waals surface area contributed by atoms with E-state index in [1.54, 1.807) is 12.1 Å². The second-order valence-corrected chi connectivity index (χ2v) is 4.42. The van der Waals surface area contributed by atoms with E-state index in [0.29, 0.717) is 18.7 Å². The Bertz CT molecular complexity index is 466. The molecule has 1 aromatic rings. The third kappa shape index (κ3) is 1.43. The molecule has 0 aromatic heterocycles. The first-order chi connectivity index (χ1) is 8.23. The lowest BCUT2D eigenvalue weighted by Gasteiger charge is -2.19. The lowest BCUT2D eigenvalue weighted by Crippen LogP contribution is -2.48. The fourth-order valence-corrected chi connectivity index (χ4v) is 2.41. The molecule has 3 rings (SSSR count). The quantitative estimate of drug-likeness (QED) is 0.691. The molecule has 2 saturated heterocycles. The standard InChI is InChI=1S/C12H13N3O2/c16-10-12(6-7-13-8-12)14-11(17)15(10)9-4-2-1-3-5-9/h1-5,13H,6-8H2,(H,14,17). The molecule has 2 N–H and O–H groups in total. The van der Waals surface area contributed by atoms with Gasteiger partial charge in [-0.15, -0.1) is 0 Å². The van der Waals surface area contributed by atoms with E-state index in [1.807, 2.05) is 18.2 Å². The highest BCUT2D eigenvalue weighted by Crippen LogP contribution is 2.28. The van der Waals surface area contributed by atoms with E-state index in [9.17, 15) is 9.59 Å². The summed E-state index contributed by atoms with van der Waals surface area (Å²) in [7, 11) is 0. The van der Waals surface area contributed by atoms with Gasteiger partial charge in [-0.1, -0.05) is 18.2 Å². The van der Waals surface area contributed by atoms with Crippen molar-refractivity contribution < 1.29 is 9.59 Å². The van der Waals surface area contributed by atoms with E-state index in [2.05, 4.69) is 10.6 Å². The normalized spacial score (nSPS) is 27.9. The number of carbonyl (C=O) groups is 2. The number of nitrogens with one attached hydrogen (secondary N) is 2. The van der Waals surface area contributed by atoms with Crippen LogP contribution in [0, 0.1) is 0 Å². The molecular formula is C12H13N3O2. The van der Waals surface area contributed by atoms with Crippen LogP contribution in [-0.2, 0) is 4.79 Å². The Morgan fingerprint density at radius 1 is 1.18 bits per heavy atom. The molecule has 1 aromatic carbocycles. The Morgan fingerprint density at radius 2 is 1.94 bits per heavy atom. The number of nitrogens with zero attached hydrogens (tertiary/aromatic N) is 1. The van der Waals surface area contributed by atoms with Gasteiger partial charge in [0.25, 0.3) is 5.91 Å². The lowest BCUT2D eigenvalue weighted by molar-refractivity contribution is -0.121. The van der Waals surface area contributed by atoms with Gasteiger partial charge in [-0.25, -0.2) is 9.69 Å². The topological polar surface area (TPSA) is 61.4 Å². The summed E-state index contributed by atoms with van der Waals surface area (Å²) >= 11 is 0. The van der Waals surface area contributed by atoms with Gasteiger partial charge in [0.05, 0.1) is 5.69 Å². The summed E-state index contributed by atoms with van der Waals surface area (Å²) in [6, 6.07) is 8.68. The molecule has 5 nitrogen and oxygen atoms in total. The molecular weight excluding hydrogens is 218 g/mol. The van der Waals surface area contributed by atoms with Gasteiger partial charge in [0.15, 0.2) is 0 Å². The largest absolute Gasteiger partial charge is 0.329 e. The molecule has 2 aliphatic heterocycles. The molecule has 0 bridgehead atoms. The van der Waals surface area contributed by atoms with Gasteiger partial charge in [-0.2, -0.15) is 0 Å². The third-order valence-corrected chi connectivity index (χ3v) is 3.33. The molecule has 1 unspecified atom stereocenters. The second-order valence-electron chi connectivity index (χ2n) is 4.42. The Hall–Kier alpha value is -1.88. The van der Waals surface area contributed by atoms with E-state index in [4.69, 9.17) is 0 Å². The number of imide groups is 1. The van der Waals surface area contributed by atoms with Gasteiger partial charge in [-0.05, 0) is 25.1 Å². The maximum atomic E-state index is 12.3. The van der Waals surface area contributed by atoms with E-state index in [0.717, 1.165) is 6.54 Å². The molecule has 0 saturated carbocycles. The average Bonchev–Trinajstić information content (AvgIpc) is 2.88. The highest BCUT2D eigenvalue weighted by molar-refractivity contribution is 6.23. The van der Waals surface area contributed by atoms with Crippen molar-refractivity contribution in [2.45, 2.75) is 12.0 Å². The summed E-state index contributed by atoms with van der Waals surface area (Å²) in [5.74, 6) is -0.154. The number of amides is 3. The van der Waals surface area contributed by atoms with E-state index in [-0.39, 0.29) is 11.9 Å². The Morgan fingerprint density at radius 3 is 2.59 bits per heavy atom. The molecule has 2 fully saturated rings. The second kappa shape index (κ2) is 3.56. The summed E-state index contributed by atoms with van der Waals surface area (Å²) in [6.45, 7) is 1.27. The predicted octanol–water partition coefficient (Wildman–Crippen LogP) is 0.475. The molecule has 1 spiro atoms. The first kappa shape index (κ1) is 10.3. The lowest BCUT2D eigenvalue weighted by atomic mass is 9.99. The first-order valence-corrected chi connectivity index (χ1v) is 5.65. The summed E-state index contributed by atoms with van der Waals surface area (Å²) < 4.78 is 0. The van der Waals surface area contributed by atoms with Crippen LogP contribution in [0.2, 0.25) is 0 Å². The highest BCUT2D eigenvalue weighted by Gasteiger charge is 2.53. The molecule has 5 heteroatoms. The van der Waals surface area contributed by atoms with Crippen LogP contribution < -0.4 is 15.5 Å². The van der Waals surface area contributed by atoms with Gasteiger partial charge in [0.2, 0.25) is 0 Å². The van der Waals surface area contributed by atoms with Gasteiger partial charge in [0, 0.05) is 6.54 Å². The minimum Gasteiger partial charge on any atom is -0.321 e. The zero-order valence-corrected chi connectivity index (χ0v) is 9.27. The van der Waals surface area contributed by atoms with Crippen LogP contribution in [0.3, 0.4) is 0 Å². The van der Waals surface area contributed by atoms with Crippen LogP contribution in [0.5, 0.6) is 0 Å². The summed E-state index contributed by atoms with van der Waals surface area (Å²) in [5.41, 5.74) is -0.105. The van der Waals surface area contributed by atoms with Gasteiger partial charge >= 0.3 is 6.03 Å². The van der Waals surface area contributed by atoms with Crippen molar-refractivity contribution in [1.82, 2.24) is 10.6 Å². The number of anilines is 1. The fourth-order valence-electron chi connectivity index (χ4n) is 2.41. The molecule has 1 atom stereocenters. The number of rotatable bonds is 1. The summed E-state index contributed by atoms with van der Waals surface area (Å²) in [5, 5.41) is 5.92. The monoisotopic (exact) mass is 231 g/mol. The molecule has 0 radical (unpaired) electrons. The maximum Gasteiger partial charge on any atom is 0.329 e. The molecule has 88 valence electrons. The van der Waals surface area contributed by atoms with Crippen molar-refractivity contribution in [2.75, 3.05) is 18.0 Å². The number of carbonyl (C=O) groups excluding carboxylic acids is 2. The zero-order valence-electron chi connectivity index (χ0n) is 9.27. The SMILES string of the molecule is O=C1NC2(CCNC2)C(=O)N1c1ccccc1. The average molecular weight is 231 g/mol. The van der Waals surface area contributed by atoms with Crippen molar-refractivity contribution >= 4 is 17.6 Å². The summed E-state index contributed by atoms with van der Waals surface area (Å²) in [4.78, 5) is 25.5. The molecule has 3 amide bonds. The maximum absolute atomic E-state index is 12.3. The van der Waals surface area contributed by atoms with Crippen LogP contribution in [-0.4, -0.2) is 30.6 Å². The van der Waals surface area contributed by atoms with Gasteiger partial charge in [0.1, 0.15) is 5.54 Å². The number of urea groups is 1. The number of benzene rings is 1. The third-order valence-electron chi connectivity index (χ3n) is 3.33.